The van der Waals surface area contributed by atoms with Gasteiger partial charge in [-0.3, -0.25) is 4.79 Å². The van der Waals surface area contributed by atoms with Crippen LogP contribution in [0.25, 0.3) is 0 Å². The molecular formula is C17H13Br2N3O. The summed E-state index contributed by atoms with van der Waals surface area (Å²) >= 11 is 6.92. The standard InChI is InChI=1S/C17H13Br2N3O/c18-14-7-3-1-5-12(14)11-22-16(9-10-20-22)21-17(23)13-6-2-4-8-15(13)19/h1-10H,11H2,(H,21,23). The molecule has 6 heteroatoms. The monoisotopic (exact) mass is 433 g/mol. The molecule has 0 aliphatic carbocycles. The van der Waals surface area contributed by atoms with E-state index in [0.29, 0.717) is 17.9 Å². The lowest BCUT2D eigenvalue weighted by Crippen LogP contribution is -2.16. The van der Waals surface area contributed by atoms with Gasteiger partial charge >= 0.3 is 0 Å². The third-order valence-corrected chi connectivity index (χ3v) is 4.82. The summed E-state index contributed by atoms with van der Waals surface area (Å²) in [5, 5.41) is 7.19. The van der Waals surface area contributed by atoms with E-state index < -0.39 is 0 Å². The lowest BCUT2D eigenvalue weighted by molar-refractivity contribution is 0.102. The van der Waals surface area contributed by atoms with Gasteiger partial charge in [0.1, 0.15) is 5.82 Å². The van der Waals surface area contributed by atoms with E-state index in [0.717, 1.165) is 14.5 Å². The van der Waals surface area contributed by atoms with Crippen LogP contribution in [0.4, 0.5) is 5.82 Å². The van der Waals surface area contributed by atoms with Gasteiger partial charge in [-0.05, 0) is 39.7 Å². The number of nitrogens with one attached hydrogen (secondary N) is 1. The number of halogens is 2. The van der Waals surface area contributed by atoms with E-state index >= 15 is 0 Å². The van der Waals surface area contributed by atoms with Crippen molar-refractivity contribution in [1.29, 1.82) is 0 Å². The number of benzene rings is 2. The van der Waals surface area contributed by atoms with Crippen LogP contribution in [0.3, 0.4) is 0 Å². The number of hydrogen-bond donors (Lipinski definition) is 1. The maximum Gasteiger partial charge on any atom is 0.257 e. The largest absolute Gasteiger partial charge is 0.307 e. The molecule has 0 bridgehead atoms. The first kappa shape index (κ1) is 16.0. The quantitative estimate of drug-likeness (QED) is 0.646. The summed E-state index contributed by atoms with van der Waals surface area (Å²) in [4.78, 5) is 12.4. The molecule has 0 saturated heterocycles. The van der Waals surface area contributed by atoms with E-state index in [2.05, 4.69) is 42.3 Å². The molecule has 4 nitrogen and oxygen atoms in total. The number of carbonyl (C=O) groups excluding carboxylic acids is 1. The van der Waals surface area contributed by atoms with Crippen molar-refractivity contribution in [2.24, 2.45) is 0 Å². The molecule has 0 saturated carbocycles. The van der Waals surface area contributed by atoms with Gasteiger partial charge in [-0.15, -0.1) is 0 Å². The van der Waals surface area contributed by atoms with Crippen molar-refractivity contribution in [3.05, 3.63) is 80.9 Å². The predicted molar refractivity (Wildman–Crippen MR) is 97.6 cm³/mol. The third kappa shape index (κ3) is 3.71. The van der Waals surface area contributed by atoms with E-state index in [9.17, 15) is 4.79 Å². The van der Waals surface area contributed by atoms with Gasteiger partial charge in [-0.1, -0.05) is 46.3 Å². The van der Waals surface area contributed by atoms with Gasteiger partial charge in [0.2, 0.25) is 0 Å². The van der Waals surface area contributed by atoms with Crippen molar-refractivity contribution in [3.63, 3.8) is 0 Å². The minimum absolute atomic E-state index is 0.175. The number of hydrogen-bond acceptors (Lipinski definition) is 2. The zero-order valence-electron chi connectivity index (χ0n) is 12.0. The van der Waals surface area contributed by atoms with Gasteiger partial charge in [0.05, 0.1) is 18.3 Å². The number of amides is 1. The molecule has 1 aromatic heterocycles. The van der Waals surface area contributed by atoms with Gasteiger partial charge in [-0.2, -0.15) is 5.10 Å². The van der Waals surface area contributed by atoms with Crippen molar-refractivity contribution in [3.8, 4) is 0 Å². The lowest BCUT2D eigenvalue weighted by Gasteiger charge is -2.11. The highest BCUT2D eigenvalue weighted by Gasteiger charge is 2.12. The van der Waals surface area contributed by atoms with Crippen LogP contribution in [0.5, 0.6) is 0 Å². The van der Waals surface area contributed by atoms with Crippen molar-refractivity contribution < 1.29 is 4.79 Å². The van der Waals surface area contributed by atoms with E-state index in [4.69, 9.17) is 0 Å². The highest BCUT2D eigenvalue weighted by Crippen LogP contribution is 2.20. The predicted octanol–water partition coefficient (Wildman–Crippen LogP) is 4.71. The van der Waals surface area contributed by atoms with E-state index in [-0.39, 0.29) is 5.91 Å². The maximum absolute atomic E-state index is 12.4. The Hall–Kier alpha value is -1.92. The molecule has 116 valence electrons. The number of rotatable bonds is 4. The summed E-state index contributed by atoms with van der Waals surface area (Å²) in [6.45, 7) is 0.569. The van der Waals surface area contributed by atoms with Gasteiger partial charge in [-0.25, -0.2) is 4.68 Å². The fourth-order valence-electron chi connectivity index (χ4n) is 2.18. The SMILES string of the molecule is O=C(Nc1ccnn1Cc1ccccc1Br)c1ccccc1Br. The number of nitrogens with zero attached hydrogens (tertiary/aromatic N) is 2. The smallest absolute Gasteiger partial charge is 0.257 e. The molecule has 1 amide bonds. The second-order valence-corrected chi connectivity index (χ2v) is 6.61. The van der Waals surface area contributed by atoms with E-state index in [1.165, 1.54) is 0 Å². The van der Waals surface area contributed by atoms with Crippen LogP contribution in [0.2, 0.25) is 0 Å². The normalized spacial score (nSPS) is 10.5. The molecule has 0 aliphatic heterocycles. The average Bonchev–Trinajstić information content (AvgIpc) is 2.97. The summed E-state index contributed by atoms with van der Waals surface area (Å²) < 4.78 is 3.53. The van der Waals surface area contributed by atoms with Crippen molar-refractivity contribution in [1.82, 2.24) is 9.78 Å². The molecule has 0 radical (unpaired) electrons. The minimum atomic E-state index is -0.175. The second-order valence-electron chi connectivity index (χ2n) is 4.90. The molecule has 0 spiro atoms. The Bertz CT molecular complexity index is 845. The summed E-state index contributed by atoms with van der Waals surface area (Å²) in [6.07, 6.45) is 1.67. The molecule has 0 unspecified atom stereocenters. The number of anilines is 1. The van der Waals surface area contributed by atoms with Crippen molar-refractivity contribution in [2.45, 2.75) is 6.54 Å². The van der Waals surface area contributed by atoms with Crippen molar-refractivity contribution >= 4 is 43.6 Å². The Kier molecular flexibility index (Phi) is 4.93. The van der Waals surface area contributed by atoms with Crippen LogP contribution < -0.4 is 5.32 Å². The Balaban J connectivity index is 1.80. The van der Waals surface area contributed by atoms with Crippen LogP contribution in [0.15, 0.2) is 69.7 Å². The Labute approximate surface area is 150 Å². The van der Waals surface area contributed by atoms with E-state index in [1.807, 2.05) is 42.5 Å². The summed E-state index contributed by atoms with van der Waals surface area (Å²) in [6, 6.07) is 17.0. The van der Waals surface area contributed by atoms with Gasteiger partial charge in [0, 0.05) is 15.0 Å². The van der Waals surface area contributed by atoms with Crippen LogP contribution in [0, 0.1) is 0 Å². The van der Waals surface area contributed by atoms with Gasteiger partial charge in [0.25, 0.3) is 5.91 Å². The molecule has 1 heterocycles. The zero-order chi connectivity index (χ0) is 16.2. The topological polar surface area (TPSA) is 46.9 Å². The lowest BCUT2D eigenvalue weighted by atomic mass is 10.2. The summed E-state index contributed by atoms with van der Waals surface area (Å²) in [5.74, 6) is 0.479. The zero-order valence-corrected chi connectivity index (χ0v) is 15.2. The van der Waals surface area contributed by atoms with Gasteiger partial charge in [0.15, 0.2) is 0 Å². The highest BCUT2D eigenvalue weighted by molar-refractivity contribution is 9.10. The Morgan fingerprint density at radius 1 is 1.00 bits per heavy atom. The number of aromatic nitrogens is 2. The maximum atomic E-state index is 12.4. The summed E-state index contributed by atoms with van der Waals surface area (Å²) in [7, 11) is 0. The Morgan fingerprint density at radius 2 is 1.70 bits per heavy atom. The van der Waals surface area contributed by atoms with Crippen LogP contribution in [-0.2, 0) is 6.54 Å². The summed E-state index contributed by atoms with van der Waals surface area (Å²) in [5.41, 5.74) is 1.67. The van der Waals surface area contributed by atoms with Crippen LogP contribution in [0.1, 0.15) is 15.9 Å². The molecular weight excluding hydrogens is 422 g/mol. The van der Waals surface area contributed by atoms with Gasteiger partial charge < -0.3 is 5.32 Å². The molecule has 23 heavy (non-hydrogen) atoms. The first-order valence-electron chi connectivity index (χ1n) is 6.96. The highest BCUT2D eigenvalue weighted by atomic mass is 79.9. The molecule has 0 fully saturated rings. The minimum Gasteiger partial charge on any atom is -0.307 e. The molecule has 0 aliphatic rings. The molecule has 3 rings (SSSR count). The average molecular weight is 435 g/mol. The first-order valence-corrected chi connectivity index (χ1v) is 8.55. The Morgan fingerprint density at radius 3 is 2.43 bits per heavy atom. The van der Waals surface area contributed by atoms with Crippen LogP contribution >= 0.6 is 31.9 Å². The fraction of sp³-hybridized carbons (Fsp3) is 0.0588. The fourth-order valence-corrected chi connectivity index (χ4v) is 3.06. The first-order chi connectivity index (χ1) is 11.1. The molecule has 0 atom stereocenters. The second kappa shape index (κ2) is 7.10. The molecule has 1 N–H and O–H groups in total. The molecule has 2 aromatic carbocycles. The van der Waals surface area contributed by atoms with Crippen LogP contribution in [-0.4, -0.2) is 15.7 Å². The number of carbonyl (C=O) groups is 1. The van der Waals surface area contributed by atoms with E-state index in [1.54, 1.807) is 23.0 Å². The molecule has 3 aromatic rings. The third-order valence-electron chi connectivity index (χ3n) is 3.35. The van der Waals surface area contributed by atoms with Crippen molar-refractivity contribution in [2.75, 3.05) is 5.32 Å².